The number of rotatable bonds is 3. The molecule has 1 aromatic rings. The Morgan fingerprint density at radius 2 is 2.06 bits per heavy atom. The molecular weight excluding hydrogens is 214 g/mol. The minimum Gasteiger partial charge on any atom is -0.508 e. The fourth-order valence-electron chi connectivity index (χ4n) is 2.33. The second kappa shape index (κ2) is 5.52. The lowest BCUT2D eigenvalue weighted by molar-refractivity contribution is 0.0754. The van der Waals surface area contributed by atoms with Crippen molar-refractivity contribution in [3.05, 3.63) is 29.3 Å². The van der Waals surface area contributed by atoms with Gasteiger partial charge in [0.05, 0.1) is 0 Å². The standard InChI is InChI=1S/C14H21NO2/c1-10-3-4-14(16)13(9-10)11(2)15-12-5-7-17-8-6-12/h3-4,9,11-12,15-16H,5-8H2,1-2H3. The summed E-state index contributed by atoms with van der Waals surface area (Å²) >= 11 is 0. The van der Waals surface area contributed by atoms with Crippen molar-refractivity contribution in [3.8, 4) is 5.75 Å². The Bertz CT molecular complexity index is 372. The summed E-state index contributed by atoms with van der Waals surface area (Å²) in [6.07, 6.45) is 2.10. The molecule has 1 aliphatic heterocycles. The molecule has 0 aromatic heterocycles. The van der Waals surface area contributed by atoms with Crippen LogP contribution in [0.25, 0.3) is 0 Å². The molecule has 0 spiro atoms. The topological polar surface area (TPSA) is 41.5 Å². The minimum absolute atomic E-state index is 0.179. The normalized spacial score (nSPS) is 19.2. The van der Waals surface area contributed by atoms with E-state index in [-0.39, 0.29) is 6.04 Å². The molecule has 1 heterocycles. The summed E-state index contributed by atoms with van der Waals surface area (Å²) in [5, 5.41) is 13.4. The van der Waals surface area contributed by atoms with Crippen LogP contribution in [0.4, 0.5) is 0 Å². The summed E-state index contributed by atoms with van der Waals surface area (Å²) in [6.45, 7) is 5.82. The van der Waals surface area contributed by atoms with Crippen molar-refractivity contribution in [2.45, 2.75) is 38.8 Å². The molecule has 3 nitrogen and oxygen atoms in total. The smallest absolute Gasteiger partial charge is 0.120 e. The number of nitrogens with one attached hydrogen (secondary N) is 1. The molecule has 3 heteroatoms. The molecule has 1 saturated heterocycles. The molecule has 1 aliphatic rings. The van der Waals surface area contributed by atoms with Crippen LogP contribution in [0.5, 0.6) is 5.75 Å². The van der Waals surface area contributed by atoms with Crippen LogP contribution in [0, 0.1) is 6.92 Å². The molecule has 0 saturated carbocycles. The highest BCUT2D eigenvalue weighted by Gasteiger charge is 2.18. The fraction of sp³-hybridized carbons (Fsp3) is 0.571. The third kappa shape index (κ3) is 3.20. The van der Waals surface area contributed by atoms with Crippen LogP contribution < -0.4 is 5.32 Å². The van der Waals surface area contributed by atoms with Gasteiger partial charge in [-0.05, 0) is 32.8 Å². The van der Waals surface area contributed by atoms with E-state index in [4.69, 9.17) is 4.74 Å². The van der Waals surface area contributed by atoms with Crippen LogP contribution in [0.2, 0.25) is 0 Å². The maximum atomic E-state index is 9.87. The molecule has 94 valence electrons. The van der Waals surface area contributed by atoms with Crippen molar-refractivity contribution < 1.29 is 9.84 Å². The maximum Gasteiger partial charge on any atom is 0.120 e. The van der Waals surface area contributed by atoms with Crippen LogP contribution in [0.1, 0.15) is 36.9 Å². The summed E-state index contributed by atoms with van der Waals surface area (Å²) in [5.74, 6) is 0.377. The third-order valence-electron chi connectivity index (χ3n) is 3.36. The van der Waals surface area contributed by atoms with Crippen molar-refractivity contribution in [3.63, 3.8) is 0 Å². The van der Waals surface area contributed by atoms with E-state index in [1.807, 2.05) is 19.1 Å². The van der Waals surface area contributed by atoms with Crippen LogP contribution in [0.3, 0.4) is 0 Å². The van der Waals surface area contributed by atoms with Crippen molar-refractivity contribution in [1.29, 1.82) is 0 Å². The molecule has 1 aromatic carbocycles. The van der Waals surface area contributed by atoms with Gasteiger partial charge in [-0.15, -0.1) is 0 Å². The summed E-state index contributed by atoms with van der Waals surface area (Å²) in [5.41, 5.74) is 2.16. The summed E-state index contributed by atoms with van der Waals surface area (Å²) in [6, 6.07) is 6.43. The molecular formula is C14H21NO2. The zero-order valence-electron chi connectivity index (χ0n) is 10.6. The van der Waals surface area contributed by atoms with Gasteiger partial charge < -0.3 is 15.2 Å². The van der Waals surface area contributed by atoms with E-state index in [9.17, 15) is 5.11 Å². The van der Waals surface area contributed by atoms with Crippen molar-refractivity contribution in [2.24, 2.45) is 0 Å². The Labute approximate surface area is 103 Å². The second-order valence-corrected chi connectivity index (χ2v) is 4.84. The van der Waals surface area contributed by atoms with Gasteiger partial charge in [0.25, 0.3) is 0 Å². The first-order valence-electron chi connectivity index (χ1n) is 6.30. The van der Waals surface area contributed by atoms with Gasteiger partial charge in [-0.25, -0.2) is 0 Å². The van der Waals surface area contributed by atoms with Crippen LogP contribution in [-0.2, 0) is 4.74 Å². The quantitative estimate of drug-likeness (QED) is 0.846. The number of aryl methyl sites for hydroxylation is 1. The van der Waals surface area contributed by atoms with Gasteiger partial charge in [-0.1, -0.05) is 17.7 Å². The average Bonchev–Trinajstić information content (AvgIpc) is 2.33. The number of ether oxygens (including phenoxy) is 1. The highest BCUT2D eigenvalue weighted by atomic mass is 16.5. The van der Waals surface area contributed by atoms with E-state index in [1.165, 1.54) is 5.56 Å². The largest absolute Gasteiger partial charge is 0.508 e. The second-order valence-electron chi connectivity index (χ2n) is 4.84. The Balaban J connectivity index is 2.02. The lowest BCUT2D eigenvalue weighted by Gasteiger charge is -2.27. The van der Waals surface area contributed by atoms with Gasteiger partial charge in [-0.2, -0.15) is 0 Å². The number of hydrogen-bond acceptors (Lipinski definition) is 3. The van der Waals surface area contributed by atoms with E-state index < -0.39 is 0 Å². The first kappa shape index (κ1) is 12.4. The molecule has 1 unspecified atom stereocenters. The lowest BCUT2D eigenvalue weighted by atomic mass is 10.0. The number of phenolic OH excluding ortho intramolecular Hbond substituents is 1. The number of benzene rings is 1. The van der Waals surface area contributed by atoms with E-state index in [0.29, 0.717) is 11.8 Å². The van der Waals surface area contributed by atoms with Gasteiger partial charge in [0.15, 0.2) is 0 Å². The molecule has 1 atom stereocenters. The van der Waals surface area contributed by atoms with Crippen LogP contribution >= 0.6 is 0 Å². The zero-order valence-corrected chi connectivity index (χ0v) is 10.6. The Morgan fingerprint density at radius 1 is 1.35 bits per heavy atom. The molecule has 1 fully saturated rings. The van der Waals surface area contributed by atoms with Crippen molar-refractivity contribution in [1.82, 2.24) is 5.32 Å². The average molecular weight is 235 g/mol. The fourth-order valence-corrected chi connectivity index (χ4v) is 2.33. The van der Waals surface area contributed by atoms with Gasteiger partial charge >= 0.3 is 0 Å². The summed E-state index contributed by atoms with van der Waals surface area (Å²) < 4.78 is 5.34. The molecule has 2 rings (SSSR count). The zero-order chi connectivity index (χ0) is 12.3. The van der Waals surface area contributed by atoms with Gasteiger partial charge in [0, 0.05) is 30.9 Å². The molecule has 2 N–H and O–H groups in total. The van der Waals surface area contributed by atoms with Crippen molar-refractivity contribution in [2.75, 3.05) is 13.2 Å². The molecule has 0 bridgehead atoms. The first-order chi connectivity index (χ1) is 8.16. The van der Waals surface area contributed by atoms with E-state index in [2.05, 4.69) is 12.2 Å². The molecule has 0 aliphatic carbocycles. The van der Waals surface area contributed by atoms with Crippen molar-refractivity contribution >= 4 is 0 Å². The SMILES string of the molecule is Cc1ccc(O)c(C(C)NC2CCOCC2)c1. The predicted octanol–water partition coefficient (Wildman–Crippen LogP) is 2.53. The summed E-state index contributed by atoms with van der Waals surface area (Å²) in [4.78, 5) is 0. The maximum absolute atomic E-state index is 9.87. The number of hydrogen-bond donors (Lipinski definition) is 2. The highest BCUT2D eigenvalue weighted by Crippen LogP contribution is 2.26. The monoisotopic (exact) mass is 235 g/mol. The van der Waals surface area contributed by atoms with E-state index in [0.717, 1.165) is 31.6 Å². The Hall–Kier alpha value is -1.06. The Kier molecular flexibility index (Phi) is 4.02. The first-order valence-corrected chi connectivity index (χ1v) is 6.30. The molecule has 0 radical (unpaired) electrons. The minimum atomic E-state index is 0.179. The third-order valence-corrected chi connectivity index (χ3v) is 3.36. The van der Waals surface area contributed by atoms with E-state index >= 15 is 0 Å². The predicted molar refractivity (Wildman–Crippen MR) is 68.2 cm³/mol. The number of phenols is 1. The lowest BCUT2D eigenvalue weighted by Crippen LogP contribution is -2.36. The van der Waals surface area contributed by atoms with E-state index in [1.54, 1.807) is 6.07 Å². The number of aromatic hydroxyl groups is 1. The highest BCUT2D eigenvalue weighted by molar-refractivity contribution is 5.37. The molecule has 17 heavy (non-hydrogen) atoms. The van der Waals surface area contributed by atoms with Crippen LogP contribution in [-0.4, -0.2) is 24.4 Å². The Morgan fingerprint density at radius 3 is 2.76 bits per heavy atom. The van der Waals surface area contributed by atoms with Gasteiger partial charge in [-0.3, -0.25) is 0 Å². The summed E-state index contributed by atoms with van der Waals surface area (Å²) in [7, 11) is 0. The van der Waals surface area contributed by atoms with Gasteiger partial charge in [0.2, 0.25) is 0 Å². The van der Waals surface area contributed by atoms with Crippen LogP contribution in [0.15, 0.2) is 18.2 Å². The molecule has 0 amide bonds. The van der Waals surface area contributed by atoms with Gasteiger partial charge in [0.1, 0.15) is 5.75 Å².